The molecule has 3 nitrogen and oxygen atoms in total. The number of hydrogen-bond donors (Lipinski definition) is 1. The molecule has 2 aromatic rings. The van der Waals surface area contributed by atoms with Gasteiger partial charge in [-0.3, -0.25) is 4.79 Å². The van der Waals surface area contributed by atoms with Crippen LogP contribution in [0, 0.1) is 17.1 Å². The normalized spacial score (nSPS) is 13.8. The summed E-state index contributed by atoms with van der Waals surface area (Å²) in [4.78, 5) is 13.4. The van der Waals surface area contributed by atoms with Gasteiger partial charge in [-0.1, -0.05) is 18.6 Å². The summed E-state index contributed by atoms with van der Waals surface area (Å²) in [5, 5.41) is 12.7. The molecule has 0 radical (unpaired) electrons. The summed E-state index contributed by atoms with van der Waals surface area (Å²) in [7, 11) is 0. The van der Waals surface area contributed by atoms with Crippen molar-refractivity contribution in [2.75, 3.05) is 5.32 Å². The van der Waals surface area contributed by atoms with Crippen molar-refractivity contribution >= 4 is 22.2 Å². The van der Waals surface area contributed by atoms with Gasteiger partial charge in [0.15, 0.2) is 0 Å². The van der Waals surface area contributed by atoms with E-state index < -0.39 is 11.7 Å². The van der Waals surface area contributed by atoms with Crippen molar-refractivity contribution in [3.8, 4) is 6.07 Å². The maximum atomic E-state index is 13.7. The van der Waals surface area contributed by atoms with Gasteiger partial charge >= 0.3 is 0 Å². The van der Waals surface area contributed by atoms with Crippen molar-refractivity contribution in [3.05, 3.63) is 51.7 Å². The predicted octanol–water partition coefficient (Wildman–Crippen LogP) is 4.28. The molecule has 5 heteroatoms. The quantitative estimate of drug-likeness (QED) is 0.841. The molecule has 22 heavy (non-hydrogen) atoms. The molecule has 1 aliphatic rings. The minimum atomic E-state index is -0.559. The Kier molecular flexibility index (Phi) is 4.21. The first-order valence-electron chi connectivity index (χ1n) is 7.31. The van der Waals surface area contributed by atoms with Crippen molar-refractivity contribution in [3.63, 3.8) is 0 Å². The third-order valence-corrected chi connectivity index (χ3v) is 5.09. The number of carbonyl (C=O) groups excluding carboxylic acids is 1. The second-order valence-corrected chi connectivity index (χ2v) is 6.42. The molecule has 0 bridgehead atoms. The number of amides is 1. The highest BCUT2D eigenvalue weighted by atomic mass is 32.1. The van der Waals surface area contributed by atoms with E-state index in [9.17, 15) is 14.4 Å². The van der Waals surface area contributed by atoms with Crippen LogP contribution >= 0.6 is 11.3 Å². The summed E-state index contributed by atoms with van der Waals surface area (Å²) in [6.45, 7) is 0. The van der Waals surface area contributed by atoms with E-state index in [1.807, 2.05) is 0 Å². The number of thiophene rings is 1. The van der Waals surface area contributed by atoms with Gasteiger partial charge in [0.1, 0.15) is 16.9 Å². The van der Waals surface area contributed by atoms with Crippen LogP contribution in [0.4, 0.5) is 9.39 Å². The summed E-state index contributed by atoms with van der Waals surface area (Å²) in [6.07, 6.45) is 5.18. The second-order valence-electron chi connectivity index (χ2n) is 5.31. The molecule has 1 aliphatic carbocycles. The molecule has 1 amide bonds. The Balaban J connectivity index is 1.92. The number of nitrogens with one attached hydrogen (secondary N) is 1. The van der Waals surface area contributed by atoms with Gasteiger partial charge in [0.05, 0.1) is 11.1 Å². The molecule has 0 saturated carbocycles. The first-order chi connectivity index (χ1) is 10.7. The number of benzene rings is 1. The van der Waals surface area contributed by atoms with Crippen LogP contribution in [0.1, 0.15) is 45.6 Å². The molecule has 0 saturated heterocycles. The Morgan fingerprint density at radius 1 is 1.23 bits per heavy atom. The number of fused-ring (bicyclic) bond motifs is 1. The Morgan fingerprint density at radius 2 is 2.00 bits per heavy atom. The molecule has 0 aliphatic heterocycles. The Morgan fingerprint density at radius 3 is 2.77 bits per heavy atom. The van der Waals surface area contributed by atoms with Crippen LogP contribution in [-0.2, 0) is 12.8 Å². The van der Waals surface area contributed by atoms with Crippen molar-refractivity contribution in [2.45, 2.75) is 32.1 Å². The number of nitriles is 1. The van der Waals surface area contributed by atoms with E-state index in [0.29, 0.717) is 10.6 Å². The number of carbonyl (C=O) groups is 1. The van der Waals surface area contributed by atoms with Crippen molar-refractivity contribution in [1.82, 2.24) is 0 Å². The molecule has 1 N–H and O–H groups in total. The molecule has 1 aromatic carbocycles. The maximum Gasteiger partial charge on any atom is 0.259 e. The van der Waals surface area contributed by atoms with Gasteiger partial charge in [-0.05, 0) is 43.4 Å². The molecule has 0 spiro atoms. The standard InChI is InChI=1S/C17H15FN2OS/c18-14-8-5-4-7-12(14)16(21)20-17-13(10-19)11-6-2-1-3-9-15(11)22-17/h4-5,7-8H,1-3,6,9H2,(H,20,21). The minimum Gasteiger partial charge on any atom is -0.312 e. The first kappa shape index (κ1) is 14.7. The number of halogens is 1. The lowest BCUT2D eigenvalue weighted by Gasteiger charge is -2.05. The second kappa shape index (κ2) is 6.29. The average Bonchev–Trinajstić information content (AvgIpc) is 2.68. The lowest BCUT2D eigenvalue weighted by Crippen LogP contribution is -2.13. The molecule has 0 fully saturated rings. The van der Waals surface area contributed by atoms with Gasteiger partial charge in [-0.2, -0.15) is 5.26 Å². The Bertz CT molecular complexity index is 761. The summed E-state index contributed by atoms with van der Waals surface area (Å²) in [6, 6.07) is 8.06. The van der Waals surface area contributed by atoms with Crippen LogP contribution < -0.4 is 5.32 Å². The van der Waals surface area contributed by atoms with Crippen LogP contribution in [0.2, 0.25) is 0 Å². The van der Waals surface area contributed by atoms with E-state index in [4.69, 9.17) is 0 Å². The van der Waals surface area contributed by atoms with Crippen LogP contribution in [0.25, 0.3) is 0 Å². The van der Waals surface area contributed by atoms with Gasteiger partial charge < -0.3 is 5.32 Å². The van der Waals surface area contributed by atoms with E-state index in [1.54, 1.807) is 12.1 Å². The molecule has 1 heterocycles. The fraction of sp³-hybridized carbons (Fsp3) is 0.294. The lowest BCUT2D eigenvalue weighted by atomic mass is 10.1. The van der Waals surface area contributed by atoms with E-state index in [0.717, 1.165) is 31.2 Å². The Labute approximate surface area is 132 Å². The topological polar surface area (TPSA) is 52.9 Å². The molecular weight excluding hydrogens is 299 g/mol. The maximum absolute atomic E-state index is 13.7. The molecule has 112 valence electrons. The van der Waals surface area contributed by atoms with Crippen LogP contribution in [0.3, 0.4) is 0 Å². The fourth-order valence-corrected chi connectivity index (χ4v) is 4.00. The summed E-state index contributed by atoms with van der Waals surface area (Å²) in [5.74, 6) is -1.07. The zero-order valence-electron chi connectivity index (χ0n) is 12.0. The summed E-state index contributed by atoms with van der Waals surface area (Å²) in [5.41, 5.74) is 1.61. The number of anilines is 1. The highest BCUT2D eigenvalue weighted by Gasteiger charge is 2.22. The molecule has 0 unspecified atom stereocenters. The van der Waals surface area contributed by atoms with Gasteiger partial charge in [0.25, 0.3) is 5.91 Å². The number of nitrogens with zero attached hydrogens (tertiary/aromatic N) is 1. The molecule has 3 rings (SSSR count). The van der Waals surface area contributed by atoms with E-state index >= 15 is 0 Å². The van der Waals surface area contributed by atoms with Gasteiger partial charge in [-0.25, -0.2) is 4.39 Å². The van der Waals surface area contributed by atoms with E-state index in [1.165, 1.54) is 34.8 Å². The largest absolute Gasteiger partial charge is 0.312 e. The highest BCUT2D eigenvalue weighted by Crippen LogP contribution is 2.37. The van der Waals surface area contributed by atoms with E-state index in [2.05, 4.69) is 11.4 Å². The zero-order valence-corrected chi connectivity index (χ0v) is 12.8. The Hall–Kier alpha value is -2.19. The third-order valence-electron chi connectivity index (χ3n) is 3.88. The smallest absolute Gasteiger partial charge is 0.259 e. The SMILES string of the molecule is N#Cc1c(NC(=O)c2ccccc2F)sc2c1CCCCC2. The number of aryl methyl sites for hydroxylation is 1. The van der Waals surface area contributed by atoms with Crippen LogP contribution in [0.15, 0.2) is 24.3 Å². The lowest BCUT2D eigenvalue weighted by molar-refractivity contribution is 0.102. The van der Waals surface area contributed by atoms with Gasteiger partial charge in [0.2, 0.25) is 0 Å². The number of hydrogen-bond acceptors (Lipinski definition) is 3. The van der Waals surface area contributed by atoms with Gasteiger partial charge in [-0.15, -0.1) is 11.3 Å². The van der Waals surface area contributed by atoms with Crippen LogP contribution in [-0.4, -0.2) is 5.91 Å². The monoisotopic (exact) mass is 314 g/mol. The molecule has 1 aromatic heterocycles. The summed E-state index contributed by atoms with van der Waals surface area (Å²) < 4.78 is 13.7. The van der Waals surface area contributed by atoms with Crippen LogP contribution in [0.5, 0.6) is 0 Å². The average molecular weight is 314 g/mol. The van der Waals surface area contributed by atoms with Crippen molar-refractivity contribution in [2.24, 2.45) is 0 Å². The van der Waals surface area contributed by atoms with Crippen molar-refractivity contribution in [1.29, 1.82) is 5.26 Å². The molecular formula is C17H15FN2OS. The molecule has 0 atom stereocenters. The third kappa shape index (κ3) is 2.75. The zero-order chi connectivity index (χ0) is 15.5. The van der Waals surface area contributed by atoms with Crippen molar-refractivity contribution < 1.29 is 9.18 Å². The fourth-order valence-electron chi connectivity index (χ4n) is 2.76. The van der Waals surface area contributed by atoms with E-state index in [-0.39, 0.29) is 5.56 Å². The van der Waals surface area contributed by atoms with Gasteiger partial charge in [0, 0.05) is 4.88 Å². The first-order valence-corrected chi connectivity index (χ1v) is 8.13. The highest BCUT2D eigenvalue weighted by molar-refractivity contribution is 7.16. The predicted molar refractivity (Wildman–Crippen MR) is 84.6 cm³/mol. The minimum absolute atomic E-state index is 0.00464. The number of rotatable bonds is 2. The summed E-state index contributed by atoms with van der Waals surface area (Å²) >= 11 is 1.45.